The Labute approximate surface area is 119 Å². The van der Waals surface area contributed by atoms with E-state index in [1.54, 1.807) is 6.08 Å². The first-order valence-corrected chi connectivity index (χ1v) is 6.93. The maximum atomic E-state index is 10.5. The Kier molecular flexibility index (Phi) is 5.32. The maximum absolute atomic E-state index is 10.5. The largest absolute Gasteiger partial charge is 0.478 e. The first kappa shape index (κ1) is 14.8. The number of aliphatic carboxylic acids is 1. The molecule has 4 heteroatoms. The summed E-state index contributed by atoms with van der Waals surface area (Å²) in [5.41, 5.74) is 2.15. The van der Waals surface area contributed by atoms with Crippen LogP contribution in [0.5, 0.6) is 0 Å². The van der Waals surface area contributed by atoms with Crippen LogP contribution in [0.15, 0.2) is 30.3 Å². The Balaban J connectivity index is 1.91. The number of benzene rings is 1. The van der Waals surface area contributed by atoms with E-state index in [1.165, 1.54) is 5.56 Å². The van der Waals surface area contributed by atoms with Crippen molar-refractivity contribution < 1.29 is 14.6 Å². The molecule has 0 spiro atoms. The molecule has 1 aromatic carbocycles. The summed E-state index contributed by atoms with van der Waals surface area (Å²) >= 11 is 0. The van der Waals surface area contributed by atoms with E-state index in [9.17, 15) is 4.79 Å². The van der Waals surface area contributed by atoms with Gasteiger partial charge in [-0.15, -0.1) is 0 Å². The Morgan fingerprint density at radius 3 is 2.60 bits per heavy atom. The van der Waals surface area contributed by atoms with E-state index in [-0.39, 0.29) is 0 Å². The molecule has 1 aliphatic heterocycles. The van der Waals surface area contributed by atoms with E-state index in [2.05, 4.69) is 24.1 Å². The summed E-state index contributed by atoms with van der Waals surface area (Å²) in [7, 11) is 2.15. The van der Waals surface area contributed by atoms with Gasteiger partial charge in [0.2, 0.25) is 0 Å². The maximum Gasteiger partial charge on any atom is 0.328 e. The molecule has 1 saturated heterocycles. The van der Waals surface area contributed by atoms with Crippen LogP contribution >= 0.6 is 0 Å². The van der Waals surface area contributed by atoms with Crippen LogP contribution in [0.2, 0.25) is 0 Å². The van der Waals surface area contributed by atoms with E-state index in [0.717, 1.165) is 44.2 Å². The lowest BCUT2D eigenvalue weighted by Gasteiger charge is -2.31. The monoisotopic (exact) mass is 275 g/mol. The molecule has 0 amide bonds. The number of rotatable bonds is 5. The Morgan fingerprint density at radius 2 is 2.00 bits per heavy atom. The minimum absolute atomic E-state index is 0.593. The fraction of sp³-hybridized carbons (Fsp3) is 0.438. The number of hydrogen-bond acceptors (Lipinski definition) is 3. The molecule has 1 aliphatic rings. The second-order valence-electron chi connectivity index (χ2n) is 5.17. The van der Waals surface area contributed by atoms with Gasteiger partial charge in [-0.2, -0.15) is 0 Å². The van der Waals surface area contributed by atoms with Crippen molar-refractivity contribution in [2.24, 2.45) is 0 Å². The van der Waals surface area contributed by atoms with Crippen LogP contribution in [0.1, 0.15) is 24.0 Å². The lowest BCUT2D eigenvalue weighted by molar-refractivity contribution is -0.131. The predicted octanol–water partition coefficient (Wildman–Crippen LogP) is 2.40. The summed E-state index contributed by atoms with van der Waals surface area (Å²) < 4.78 is 5.38. The van der Waals surface area contributed by atoms with Gasteiger partial charge in [-0.25, -0.2) is 4.79 Å². The molecule has 1 N–H and O–H groups in total. The molecule has 0 saturated carbocycles. The third kappa shape index (κ3) is 4.47. The lowest BCUT2D eigenvalue weighted by atomic mass is 10.1. The predicted molar refractivity (Wildman–Crippen MR) is 78.4 cm³/mol. The van der Waals surface area contributed by atoms with Gasteiger partial charge in [0.25, 0.3) is 0 Å². The number of carbonyl (C=O) groups is 1. The van der Waals surface area contributed by atoms with Crippen molar-refractivity contribution in [1.82, 2.24) is 4.90 Å². The van der Waals surface area contributed by atoms with Crippen molar-refractivity contribution in [3.8, 4) is 0 Å². The molecule has 0 aliphatic carbocycles. The van der Waals surface area contributed by atoms with Crippen LogP contribution in [0, 0.1) is 0 Å². The van der Waals surface area contributed by atoms with E-state index in [1.807, 2.05) is 12.1 Å². The SMILES string of the molecule is CN(Cc1ccc(C=CC(=O)O)cc1)C1CCOCC1. The smallest absolute Gasteiger partial charge is 0.328 e. The molecule has 1 aromatic rings. The van der Waals surface area contributed by atoms with E-state index >= 15 is 0 Å². The molecule has 20 heavy (non-hydrogen) atoms. The second kappa shape index (κ2) is 7.22. The highest BCUT2D eigenvalue weighted by Gasteiger charge is 2.18. The van der Waals surface area contributed by atoms with Gasteiger partial charge < -0.3 is 9.84 Å². The molecular formula is C16H21NO3. The van der Waals surface area contributed by atoms with Crippen LogP contribution in [0.3, 0.4) is 0 Å². The number of hydrogen-bond donors (Lipinski definition) is 1. The van der Waals surface area contributed by atoms with Gasteiger partial charge in [-0.1, -0.05) is 24.3 Å². The van der Waals surface area contributed by atoms with Gasteiger partial charge in [-0.3, -0.25) is 4.90 Å². The van der Waals surface area contributed by atoms with Crippen LogP contribution in [-0.2, 0) is 16.1 Å². The zero-order chi connectivity index (χ0) is 14.4. The van der Waals surface area contributed by atoms with Crippen LogP contribution in [0.25, 0.3) is 6.08 Å². The molecule has 2 rings (SSSR count). The van der Waals surface area contributed by atoms with Crippen LogP contribution in [0.4, 0.5) is 0 Å². The van der Waals surface area contributed by atoms with Gasteiger partial charge in [-0.05, 0) is 37.1 Å². The van der Waals surface area contributed by atoms with Crippen molar-refractivity contribution in [2.75, 3.05) is 20.3 Å². The summed E-state index contributed by atoms with van der Waals surface area (Å²) in [5.74, 6) is -0.923. The van der Waals surface area contributed by atoms with Crippen molar-refractivity contribution in [1.29, 1.82) is 0 Å². The molecule has 0 atom stereocenters. The van der Waals surface area contributed by atoms with Gasteiger partial charge in [0.15, 0.2) is 0 Å². The summed E-state index contributed by atoms with van der Waals surface area (Å²) in [6.07, 6.45) is 4.95. The fourth-order valence-electron chi connectivity index (χ4n) is 2.44. The Morgan fingerprint density at radius 1 is 1.35 bits per heavy atom. The molecule has 0 radical (unpaired) electrons. The van der Waals surface area contributed by atoms with Gasteiger partial charge in [0.1, 0.15) is 0 Å². The zero-order valence-corrected chi connectivity index (χ0v) is 11.8. The minimum Gasteiger partial charge on any atom is -0.478 e. The van der Waals surface area contributed by atoms with E-state index in [4.69, 9.17) is 9.84 Å². The van der Waals surface area contributed by atoms with Gasteiger partial charge in [0, 0.05) is 31.9 Å². The minimum atomic E-state index is -0.923. The standard InChI is InChI=1S/C16H21NO3/c1-17(15-8-10-20-11-9-15)12-14-4-2-13(3-5-14)6-7-16(18)19/h2-7,15H,8-12H2,1H3,(H,18,19). The van der Waals surface area contributed by atoms with Crippen LogP contribution in [-0.4, -0.2) is 42.3 Å². The molecule has 0 bridgehead atoms. The first-order valence-electron chi connectivity index (χ1n) is 6.93. The van der Waals surface area contributed by atoms with Crippen molar-refractivity contribution in [2.45, 2.75) is 25.4 Å². The van der Waals surface area contributed by atoms with Crippen LogP contribution < -0.4 is 0 Å². The number of ether oxygens (including phenoxy) is 1. The quantitative estimate of drug-likeness (QED) is 0.838. The summed E-state index contributed by atoms with van der Waals surface area (Å²) in [6, 6.07) is 8.60. The average molecular weight is 275 g/mol. The van der Waals surface area contributed by atoms with Crippen molar-refractivity contribution in [3.63, 3.8) is 0 Å². The first-order chi connectivity index (χ1) is 9.65. The number of carboxylic acids is 1. The highest BCUT2D eigenvalue weighted by molar-refractivity contribution is 5.85. The molecule has 0 aromatic heterocycles. The normalized spacial score (nSPS) is 16.9. The van der Waals surface area contributed by atoms with Crippen molar-refractivity contribution in [3.05, 3.63) is 41.5 Å². The zero-order valence-electron chi connectivity index (χ0n) is 11.8. The molecular weight excluding hydrogens is 254 g/mol. The molecule has 1 heterocycles. The molecule has 0 unspecified atom stereocenters. The summed E-state index contributed by atoms with van der Waals surface area (Å²) in [6.45, 7) is 2.62. The third-order valence-electron chi connectivity index (χ3n) is 3.64. The molecule has 108 valence electrons. The highest BCUT2D eigenvalue weighted by atomic mass is 16.5. The van der Waals surface area contributed by atoms with Crippen molar-refractivity contribution >= 4 is 12.0 Å². The lowest BCUT2D eigenvalue weighted by Crippen LogP contribution is -2.36. The Bertz CT molecular complexity index is 461. The average Bonchev–Trinajstić information content (AvgIpc) is 2.47. The number of nitrogens with zero attached hydrogens (tertiary/aromatic N) is 1. The molecule has 4 nitrogen and oxygen atoms in total. The summed E-state index contributed by atoms with van der Waals surface area (Å²) in [4.78, 5) is 12.8. The van der Waals surface area contributed by atoms with E-state index in [0.29, 0.717) is 6.04 Å². The van der Waals surface area contributed by atoms with E-state index < -0.39 is 5.97 Å². The summed E-state index contributed by atoms with van der Waals surface area (Å²) in [5, 5.41) is 8.59. The second-order valence-corrected chi connectivity index (χ2v) is 5.17. The Hall–Kier alpha value is -1.65. The highest BCUT2D eigenvalue weighted by Crippen LogP contribution is 2.16. The third-order valence-corrected chi connectivity index (χ3v) is 3.64. The topological polar surface area (TPSA) is 49.8 Å². The van der Waals surface area contributed by atoms with Gasteiger partial charge in [0.05, 0.1) is 0 Å². The molecule has 1 fully saturated rings. The van der Waals surface area contributed by atoms with Gasteiger partial charge >= 0.3 is 5.97 Å². The fourth-order valence-corrected chi connectivity index (χ4v) is 2.44. The number of carboxylic acid groups (broad SMARTS) is 1.